The third kappa shape index (κ3) is 2.64. The number of amides is 1. The number of rotatable bonds is 3. The van der Waals surface area contributed by atoms with E-state index in [0.29, 0.717) is 18.4 Å². The first-order valence-corrected chi connectivity index (χ1v) is 5.66. The fraction of sp³-hybridized carbons (Fsp3) is 0.385. The normalized spacial score (nSPS) is 22.6. The molecule has 90 valence electrons. The van der Waals surface area contributed by atoms with E-state index in [1.807, 2.05) is 19.1 Å². The van der Waals surface area contributed by atoms with Gasteiger partial charge in [-0.2, -0.15) is 0 Å². The van der Waals surface area contributed by atoms with Crippen LogP contribution in [0.25, 0.3) is 0 Å². The summed E-state index contributed by atoms with van der Waals surface area (Å²) in [6.45, 7) is 1.96. The minimum Gasteiger partial charge on any atom is -0.481 e. The number of benzene rings is 1. The van der Waals surface area contributed by atoms with Crippen molar-refractivity contribution in [1.29, 1.82) is 0 Å². The summed E-state index contributed by atoms with van der Waals surface area (Å²) < 4.78 is 0. The van der Waals surface area contributed by atoms with Crippen LogP contribution in [0, 0.1) is 12.8 Å². The maximum Gasteiger partial charge on any atom is 0.306 e. The monoisotopic (exact) mass is 233 g/mol. The van der Waals surface area contributed by atoms with Gasteiger partial charge in [-0.1, -0.05) is 17.7 Å². The Hall–Kier alpha value is -1.84. The topological polar surface area (TPSA) is 66.4 Å². The number of hydrogen-bond donors (Lipinski definition) is 2. The zero-order valence-electron chi connectivity index (χ0n) is 9.64. The summed E-state index contributed by atoms with van der Waals surface area (Å²) in [5, 5.41) is 11.6. The van der Waals surface area contributed by atoms with Gasteiger partial charge in [0.05, 0.1) is 5.92 Å². The minimum atomic E-state index is -0.772. The molecule has 17 heavy (non-hydrogen) atoms. The molecule has 2 N–H and O–H groups in total. The van der Waals surface area contributed by atoms with E-state index in [2.05, 4.69) is 5.32 Å². The van der Waals surface area contributed by atoms with Crippen LogP contribution in [-0.2, 0) is 4.79 Å². The fourth-order valence-corrected chi connectivity index (χ4v) is 1.91. The van der Waals surface area contributed by atoms with Crippen LogP contribution in [0.4, 0.5) is 0 Å². The quantitative estimate of drug-likeness (QED) is 0.833. The third-order valence-electron chi connectivity index (χ3n) is 3.14. The molecule has 1 aliphatic carbocycles. The summed E-state index contributed by atoms with van der Waals surface area (Å²) >= 11 is 0. The molecule has 1 saturated carbocycles. The van der Waals surface area contributed by atoms with Crippen molar-refractivity contribution >= 4 is 11.9 Å². The van der Waals surface area contributed by atoms with E-state index in [1.165, 1.54) is 0 Å². The van der Waals surface area contributed by atoms with E-state index in [4.69, 9.17) is 5.11 Å². The first-order valence-electron chi connectivity index (χ1n) is 5.66. The molecule has 0 saturated heterocycles. The summed E-state index contributed by atoms with van der Waals surface area (Å²) in [7, 11) is 0. The molecule has 1 aromatic rings. The van der Waals surface area contributed by atoms with Crippen molar-refractivity contribution < 1.29 is 14.7 Å². The molecular weight excluding hydrogens is 218 g/mol. The SMILES string of the molecule is Cc1ccc(C(=O)NC2CC(C(=O)O)C2)cc1. The van der Waals surface area contributed by atoms with Gasteiger partial charge in [-0.3, -0.25) is 9.59 Å². The molecule has 0 aliphatic heterocycles. The van der Waals surface area contributed by atoms with Gasteiger partial charge in [0, 0.05) is 11.6 Å². The Labute approximate surface area is 99.6 Å². The van der Waals surface area contributed by atoms with Crippen molar-refractivity contribution in [3.05, 3.63) is 35.4 Å². The number of aryl methyl sites for hydroxylation is 1. The van der Waals surface area contributed by atoms with E-state index in [-0.39, 0.29) is 17.9 Å². The lowest BCUT2D eigenvalue weighted by atomic mass is 9.80. The van der Waals surface area contributed by atoms with E-state index in [0.717, 1.165) is 5.56 Å². The predicted octanol–water partition coefficient (Wildman–Crippen LogP) is 1.59. The Morgan fingerprint density at radius 3 is 2.35 bits per heavy atom. The molecule has 4 heteroatoms. The van der Waals surface area contributed by atoms with Gasteiger partial charge < -0.3 is 10.4 Å². The van der Waals surface area contributed by atoms with E-state index >= 15 is 0 Å². The van der Waals surface area contributed by atoms with Gasteiger partial charge in [0.2, 0.25) is 0 Å². The molecule has 0 radical (unpaired) electrons. The minimum absolute atomic E-state index is 0.00454. The highest BCUT2D eigenvalue weighted by Gasteiger charge is 2.35. The second-order valence-corrected chi connectivity index (χ2v) is 4.54. The number of carboxylic acids is 1. The largest absolute Gasteiger partial charge is 0.481 e. The number of hydrogen-bond acceptors (Lipinski definition) is 2. The molecule has 2 rings (SSSR count). The molecule has 1 aliphatic rings. The summed E-state index contributed by atoms with van der Waals surface area (Å²) in [4.78, 5) is 22.4. The molecule has 1 amide bonds. The van der Waals surface area contributed by atoms with Crippen molar-refractivity contribution in [3.8, 4) is 0 Å². The number of aliphatic carboxylic acids is 1. The highest BCUT2D eigenvalue weighted by molar-refractivity contribution is 5.94. The summed E-state index contributed by atoms with van der Waals surface area (Å²) in [5.41, 5.74) is 1.73. The molecule has 1 aromatic carbocycles. The Balaban J connectivity index is 1.87. The summed E-state index contributed by atoms with van der Waals surface area (Å²) in [6, 6.07) is 7.33. The summed E-state index contributed by atoms with van der Waals surface area (Å²) in [6.07, 6.45) is 1.07. The first-order chi connectivity index (χ1) is 8.06. The average Bonchev–Trinajstić information content (AvgIpc) is 2.23. The van der Waals surface area contributed by atoms with Crippen LogP contribution in [-0.4, -0.2) is 23.0 Å². The lowest BCUT2D eigenvalue weighted by molar-refractivity contribution is -0.145. The standard InChI is InChI=1S/C13H15NO3/c1-8-2-4-9(5-3-8)12(15)14-11-6-10(7-11)13(16)17/h2-5,10-11H,6-7H2,1H3,(H,14,15)(H,16,17). The van der Waals surface area contributed by atoms with Gasteiger partial charge in [-0.25, -0.2) is 0 Å². The third-order valence-corrected chi connectivity index (χ3v) is 3.14. The van der Waals surface area contributed by atoms with Crippen LogP contribution >= 0.6 is 0 Å². The van der Waals surface area contributed by atoms with Gasteiger partial charge in [0.15, 0.2) is 0 Å². The first kappa shape index (κ1) is 11.6. The Bertz CT molecular complexity index is 432. The molecule has 0 atom stereocenters. The molecule has 0 spiro atoms. The second-order valence-electron chi connectivity index (χ2n) is 4.54. The van der Waals surface area contributed by atoms with Crippen LogP contribution < -0.4 is 5.32 Å². The van der Waals surface area contributed by atoms with Crippen molar-refractivity contribution in [3.63, 3.8) is 0 Å². The lowest BCUT2D eigenvalue weighted by Crippen LogP contribution is -2.46. The van der Waals surface area contributed by atoms with Gasteiger partial charge in [-0.15, -0.1) is 0 Å². The van der Waals surface area contributed by atoms with Crippen LogP contribution in [0.2, 0.25) is 0 Å². The Kier molecular flexibility index (Phi) is 3.13. The highest BCUT2D eigenvalue weighted by atomic mass is 16.4. The Morgan fingerprint density at radius 1 is 1.24 bits per heavy atom. The highest BCUT2D eigenvalue weighted by Crippen LogP contribution is 2.27. The second kappa shape index (κ2) is 4.57. The molecule has 4 nitrogen and oxygen atoms in total. The molecule has 1 fully saturated rings. The average molecular weight is 233 g/mol. The molecule has 0 bridgehead atoms. The van der Waals surface area contributed by atoms with Crippen molar-refractivity contribution in [1.82, 2.24) is 5.32 Å². The maximum absolute atomic E-state index is 11.8. The fourth-order valence-electron chi connectivity index (χ4n) is 1.91. The smallest absolute Gasteiger partial charge is 0.306 e. The van der Waals surface area contributed by atoms with E-state index in [1.54, 1.807) is 12.1 Å². The van der Waals surface area contributed by atoms with Gasteiger partial charge >= 0.3 is 5.97 Å². The maximum atomic E-state index is 11.8. The van der Waals surface area contributed by atoms with Crippen molar-refractivity contribution in [2.24, 2.45) is 5.92 Å². The predicted molar refractivity (Wildman–Crippen MR) is 62.8 cm³/mol. The van der Waals surface area contributed by atoms with Gasteiger partial charge in [-0.05, 0) is 31.9 Å². The zero-order valence-corrected chi connectivity index (χ0v) is 9.64. The number of carbonyl (C=O) groups excluding carboxylic acids is 1. The van der Waals surface area contributed by atoms with Gasteiger partial charge in [0.1, 0.15) is 0 Å². The van der Waals surface area contributed by atoms with Crippen LogP contribution in [0.3, 0.4) is 0 Å². The zero-order chi connectivity index (χ0) is 12.4. The molecular formula is C13H15NO3. The number of carbonyl (C=O) groups is 2. The van der Waals surface area contributed by atoms with Crippen LogP contribution in [0.5, 0.6) is 0 Å². The van der Waals surface area contributed by atoms with Crippen LogP contribution in [0.15, 0.2) is 24.3 Å². The Morgan fingerprint density at radius 2 is 1.82 bits per heavy atom. The molecule has 0 aromatic heterocycles. The van der Waals surface area contributed by atoms with Crippen LogP contribution in [0.1, 0.15) is 28.8 Å². The summed E-state index contributed by atoms with van der Waals surface area (Å²) in [5.74, 6) is -1.19. The molecule has 0 heterocycles. The van der Waals surface area contributed by atoms with E-state index in [9.17, 15) is 9.59 Å². The van der Waals surface area contributed by atoms with Crippen molar-refractivity contribution in [2.45, 2.75) is 25.8 Å². The van der Waals surface area contributed by atoms with Gasteiger partial charge in [0.25, 0.3) is 5.91 Å². The van der Waals surface area contributed by atoms with E-state index < -0.39 is 5.97 Å². The lowest BCUT2D eigenvalue weighted by Gasteiger charge is -2.32. The molecule has 0 unspecified atom stereocenters. The number of nitrogens with one attached hydrogen (secondary N) is 1. The number of carboxylic acid groups (broad SMARTS) is 1. The van der Waals surface area contributed by atoms with Crippen molar-refractivity contribution in [2.75, 3.05) is 0 Å².